The number of nitrogens with two attached hydrogens (primary N) is 1. The highest BCUT2D eigenvalue weighted by Gasteiger charge is 2.09. The molecule has 0 fully saturated rings. The van der Waals surface area contributed by atoms with Gasteiger partial charge < -0.3 is 11.1 Å². The summed E-state index contributed by atoms with van der Waals surface area (Å²) in [4.78, 5) is 0. The Kier molecular flexibility index (Phi) is 10.4. The predicted octanol–water partition coefficient (Wildman–Crippen LogP) is 2.92. The maximum atomic E-state index is 5.75. The van der Waals surface area contributed by atoms with Crippen molar-refractivity contribution in [1.82, 2.24) is 5.32 Å². The minimum absolute atomic E-state index is 0.672. The van der Waals surface area contributed by atoms with Crippen LogP contribution in [-0.2, 0) is 0 Å². The summed E-state index contributed by atoms with van der Waals surface area (Å²) in [5.74, 6) is 0.672. The molecule has 0 spiro atoms. The fourth-order valence-electron chi connectivity index (χ4n) is 1.95. The topological polar surface area (TPSA) is 38.0 Å². The van der Waals surface area contributed by atoms with Crippen LogP contribution in [0.3, 0.4) is 0 Å². The number of hydrogen-bond donors (Lipinski definition) is 2. The van der Waals surface area contributed by atoms with Gasteiger partial charge in [-0.2, -0.15) is 0 Å². The number of hydrogen-bond acceptors (Lipinski definition) is 2. The maximum Gasteiger partial charge on any atom is 0.00645 e. The fourth-order valence-corrected chi connectivity index (χ4v) is 1.95. The third kappa shape index (κ3) is 7.80. The molecule has 0 saturated heterocycles. The van der Waals surface area contributed by atoms with Gasteiger partial charge in [0.25, 0.3) is 0 Å². The average molecular weight is 214 g/mol. The van der Waals surface area contributed by atoms with Crippen LogP contribution in [0.2, 0.25) is 0 Å². The van der Waals surface area contributed by atoms with Crippen molar-refractivity contribution in [2.24, 2.45) is 11.7 Å². The summed E-state index contributed by atoms with van der Waals surface area (Å²) in [5.41, 5.74) is 5.75. The molecule has 0 bridgehead atoms. The number of unbranched alkanes of at least 4 members (excludes halogenated alkanes) is 1. The molecular weight excluding hydrogens is 184 g/mol. The van der Waals surface area contributed by atoms with E-state index in [2.05, 4.69) is 26.1 Å². The van der Waals surface area contributed by atoms with Crippen LogP contribution >= 0.6 is 0 Å². The smallest absolute Gasteiger partial charge is 0.00645 e. The molecule has 2 nitrogen and oxygen atoms in total. The molecule has 3 N–H and O–H groups in total. The summed E-state index contributed by atoms with van der Waals surface area (Å²) in [6.07, 6.45) is 7.70. The molecule has 0 radical (unpaired) electrons. The predicted molar refractivity (Wildman–Crippen MR) is 69.1 cm³/mol. The van der Waals surface area contributed by atoms with Gasteiger partial charge in [0.1, 0.15) is 0 Å². The van der Waals surface area contributed by atoms with Crippen molar-refractivity contribution in [1.29, 1.82) is 0 Å². The van der Waals surface area contributed by atoms with Gasteiger partial charge in [-0.05, 0) is 38.3 Å². The van der Waals surface area contributed by atoms with Crippen molar-refractivity contribution in [3.63, 3.8) is 0 Å². The summed E-state index contributed by atoms with van der Waals surface area (Å²) < 4.78 is 0. The quantitative estimate of drug-likeness (QED) is 0.587. The van der Waals surface area contributed by atoms with Crippen molar-refractivity contribution < 1.29 is 0 Å². The second kappa shape index (κ2) is 10.4. The Labute approximate surface area is 96.0 Å². The average Bonchev–Trinajstić information content (AvgIpc) is 2.27. The van der Waals surface area contributed by atoms with E-state index in [0.717, 1.165) is 13.1 Å². The minimum Gasteiger partial charge on any atom is -0.330 e. The Morgan fingerprint density at radius 2 is 1.80 bits per heavy atom. The molecule has 2 unspecified atom stereocenters. The molecule has 92 valence electrons. The van der Waals surface area contributed by atoms with Crippen LogP contribution in [0.1, 0.15) is 59.3 Å². The normalized spacial score (nSPS) is 15.2. The molecule has 0 aliphatic rings. The molecule has 0 heterocycles. The highest BCUT2D eigenvalue weighted by molar-refractivity contribution is 4.69. The van der Waals surface area contributed by atoms with Crippen molar-refractivity contribution in [2.75, 3.05) is 13.1 Å². The van der Waals surface area contributed by atoms with Crippen LogP contribution < -0.4 is 11.1 Å². The first kappa shape index (κ1) is 14.9. The lowest BCUT2D eigenvalue weighted by molar-refractivity contribution is 0.384. The van der Waals surface area contributed by atoms with Gasteiger partial charge in [0.15, 0.2) is 0 Å². The molecule has 0 aromatic heterocycles. The molecule has 2 heteroatoms. The van der Waals surface area contributed by atoms with Gasteiger partial charge in [-0.1, -0.05) is 40.0 Å². The number of nitrogens with one attached hydrogen (secondary N) is 1. The lowest BCUT2D eigenvalue weighted by atomic mass is 10.0. The monoisotopic (exact) mass is 214 g/mol. The molecular formula is C13H30N2. The van der Waals surface area contributed by atoms with Crippen molar-refractivity contribution in [3.05, 3.63) is 0 Å². The molecule has 0 saturated carbocycles. The third-order valence-electron chi connectivity index (χ3n) is 3.12. The van der Waals surface area contributed by atoms with Gasteiger partial charge in [-0.3, -0.25) is 0 Å². The summed E-state index contributed by atoms with van der Waals surface area (Å²) in [6.45, 7) is 8.69. The largest absolute Gasteiger partial charge is 0.330 e. The van der Waals surface area contributed by atoms with E-state index in [9.17, 15) is 0 Å². The zero-order valence-electron chi connectivity index (χ0n) is 10.9. The van der Waals surface area contributed by atoms with Gasteiger partial charge in [0, 0.05) is 6.04 Å². The zero-order chi connectivity index (χ0) is 11.5. The first-order valence-corrected chi connectivity index (χ1v) is 6.71. The number of rotatable bonds is 10. The lowest BCUT2D eigenvalue weighted by Gasteiger charge is -2.21. The van der Waals surface area contributed by atoms with E-state index in [1.165, 1.54) is 38.5 Å². The molecule has 15 heavy (non-hydrogen) atoms. The van der Waals surface area contributed by atoms with E-state index in [0.29, 0.717) is 12.0 Å². The van der Waals surface area contributed by atoms with E-state index < -0.39 is 0 Å². The highest BCUT2D eigenvalue weighted by Crippen LogP contribution is 2.07. The van der Waals surface area contributed by atoms with Gasteiger partial charge in [0.05, 0.1) is 0 Å². The van der Waals surface area contributed by atoms with Gasteiger partial charge >= 0.3 is 0 Å². The van der Waals surface area contributed by atoms with Gasteiger partial charge in [-0.25, -0.2) is 0 Å². The van der Waals surface area contributed by atoms with Crippen LogP contribution in [0.5, 0.6) is 0 Å². The van der Waals surface area contributed by atoms with Crippen LogP contribution in [0.25, 0.3) is 0 Å². The molecule has 2 atom stereocenters. The zero-order valence-corrected chi connectivity index (χ0v) is 10.9. The Bertz CT molecular complexity index is 126. The fraction of sp³-hybridized carbons (Fsp3) is 1.00. The summed E-state index contributed by atoms with van der Waals surface area (Å²) in [7, 11) is 0. The van der Waals surface area contributed by atoms with Crippen LogP contribution in [0, 0.1) is 5.92 Å². The molecule has 0 amide bonds. The molecule has 0 aromatic rings. The van der Waals surface area contributed by atoms with Gasteiger partial charge in [-0.15, -0.1) is 0 Å². The summed E-state index contributed by atoms with van der Waals surface area (Å²) in [6, 6.07) is 0.704. The first-order chi connectivity index (χ1) is 7.28. The Morgan fingerprint density at radius 1 is 1.07 bits per heavy atom. The van der Waals surface area contributed by atoms with Crippen LogP contribution in [0.15, 0.2) is 0 Å². The van der Waals surface area contributed by atoms with E-state index in [1.807, 2.05) is 0 Å². The standard InChI is InChI=1S/C13H30N2/c1-4-7-9-13(6-3)15-11-12(10-14)8-5-2/h12-13,15H,4-11,14H2,1-3H3. The van der Waals surface area contributed by atoms with E-state index in [-0.39, 0.29) is 0 Å². The Balaban J connectivity index is 3.66. The lowest BCUT2D eigenvalue weighted by Crippen LogP contribution is -2.35. The Morgan fingerprint density at radius 3 is 2.27 bits per heavy atom. The first-order valence-electron chi connectivity index (χ1n) is 6.71. The third-order valence-corrected chi connectivity index (χ3v) is 3.12. The SMILES string of the molecule is CCCCC(CC)NCC(CN)CCC. The van der Waals surface area contributed by atoms with E-state index in [1.54, 1.807) is 0 Å². The van der Waals surface area contributed by atoms with Crippen molar-refractivity contribution in [2.45, 2.75) is 65.3 Å². The van der Waals surface area contributed by atoms with Crippen molar-refractivity contribution >= 4 is 0 Å². The highest BCUT2D eigenvalue weighted by atomic mass is 14.9. The molecule has 0 aromatic carbocycles. The second-order valence-corrected chi connectivity index (χ2v) is 4.55. The molecule has 0 aliphatic heterocycles. The second-order valence-electron chi connectivity index (χ2n) is 4.55. The van der Waals surface area contributed by atoms with Gasteiger partial charge in [0.2, 0.25) is 0 Å². The van der Waals surface area contributed by atoms with Crippen LogP contribution in [0.4, 0.5) is 0 Å². The van der Waals surface area contributed by atoms with E-state index >= 15 is 0 Å². The maximum absolute atomic E-state index is 5.75. The summed E-state index contributed by atoms with van der Waals surface area (Å²) >= 11 is 0. The minimum atomic E-state index is 0.672. The molecule has 0 aliphatic carbocycles. The van der Waals surface area contributed by atoms with Crippen molar-refractivity contribution in [3.8, 4) is 0 Å². The Hall–Kier alpha value is -0.0800. The van der Waals surface area contributed by atoms with E-state index in [4.69, 9.17) is 5.73 Å². The molecule has 0 rings (SSSR count). The van der Waals surface area contributed by atoms with Crippen LogP contribution in [-0.4, -0.2) is 19.1 Å². The summed E-state index contributed by atoms with van der Waals surface area (Å²) in [5, 5.41) is 3.66.